The Morgan fingerprint density at radius 3 is 2.60 bits per heavy atom. The lowest BCUT2D eigenvalue weighted by molar-refractivity contribution is 0.584. The molecule has 2 rings (SSSR count). The highest BCUT2D eigenvalue weighted by Gasteiger charge is 2.17. The van der Waals surface area contributed by atoms with Gasteiger partial charge in [-0.3, -0.25) is 4.57 Å². The van der Waals surface area contributed by atoms with Crippen molar-refractivity contribution in [1.82, 2.24) is 19.3 Å². The molecule has 0 saturated carbocycles. The number of anilines is 1. The van der Waals surface area contributed by atoms with E-state index >= 15 is 0 Å². The summed E-state index contributed by atoms with van der Waals surface area (Å²) in [6.45, 7) is 9.06. The lowest BCUT2D eigenvalue weighted by Crippen LogP contribution is -2.10. The SMILES string of the molecule is CCn1nc(C)c2nc(N)n(C(C)C)c21. The van der Waals surface area contributed by atoms with Crippen molar-refractivity contribution in [1.29, 1.82) is 0 Å². The fourth-order valence-electron chi connectivity index (χ4n) is 1.94. The van der Waals surface area contributed by atoms with Gasteiger partial charge >= 0.3 is 0 Å². The third-order valence-corrected chi connectivity index (χ3v) is 2.59. The first-order valence-electron chi connectivity index (χ1n) is 5.27. The fourth-order valence-corrected chi connectivity index (χ4v) is 1.94. The summed E-state index contributed by atoms with van der Waals surface area (Å²) in [6, 6.07) is 0.302. The van der Waals surface area contributed by atoms with E-state index in [9.17, 15) is 0 Å². The minimum Gasteiger partial charge on any atom is -0.369 e. The molecular weight excluding hydrogens is 190 g/mol. The second-order valence-electron chi connectivity index (χ2n) is 4.01. The molecular formula is C10H17N5. The number of imidazole rings is 1. The molecule has 15 heavy (non-hydrogen) atoms. The molecule has 2 aromatic rings. The average Bonchev–Trinajstić information content (AvgIpc) is 2.63. The van der Waals surface area contributed by atoms with Crippen molar-refractivity contribution in [2.75, 3.05) is 5.73 Å². The molecule has 2 N–H and O–H groups in total. The fraction of sp³-hybridized carbons (Fsp3) is 0.600. The second kappa shape index (κ2) is 3.25. The molecule has 0 aromatic carbocycles. The molecule has 0 amide bonds. The smallest absolute Gasteiger partial charge is 0.202 e. The van der Waals surface area contributed by atoms with Crippen molar-refractivity contribution in [3.63, 3.8) is 0 Å². The first-order valence-corrected chi connectivity index (χ1v) is 5.27. The highest BCUT2D eigenvalue weighted by atomic mass is 15.4. The van der Waals surface area contributed by atoms with Gasteiger partial charge < -0.3 is 5.73 Å². The Labute approximate surface area is 88.9 Å². The molecule has 0 unspecified atom stereocenters. The maximum Gasteiger partial charge on any atom is 0.202 e. The van der Waals surface area contributed by atoms with E-state index in [-0.39, 0.29) is 0 Å². The summed E-state index contributed by atoms with van der Waals surface area (Å²) in [5, 5.41) is 4.43. The highest BCUT2D eigenvalue weighted by Crippen LogP contribution is 2.24. The van der Waals surface area contributed by atoms with E-state index in [0.29, 0.717) is 12.0 Å². The van der Waals surface area contributed by atoms with Crippen LogP contribution in [0.25, 0.3) is 11.2 Å². The van der Waals surface area contributed by atoms with Gasteiger partial charge in [-0.05, 0) is 27.7 Å². The Kier molecular flexibility index (Phi) is 2.17. The Bertz CT molecular complexity index is 491. The van der Waals surface area contributed by atoms with Crippen LogP contribution in [0, 0.1) is 6.92 Å². The standard InChI is InChI=1S/C10H17N5/c1-5-14-9-8(7(4)13-14)12-10(11)15(9)6(2)3/h6H,5H2,1-4H3,(H2,11,12). The molecule has 0 aliphatic heterocycles. The third kappa shape index (κ3) is 1.30. The predicted octanol–water partition coefficient (Wildman–Crippen LogP) is 1.72. The summed E-state index contributed by atoms with van der Waals surface area (Å²) in [7, 11) is 0. The molecule has 5 nitrogen and oxygen atoms in total. The molecule has 5 heteroatoms. The first-order chi connectivity index (χ1) is 7.06. The molecule has 2 heterocycles. The van der Waals surface area contributed by atoms with E-state index in [4.69, 9.17) is 5.73 Å². The van der Waals surface area contributed by atoms with Gasteiger partial charge in [0.2, 0.25) is 5.95 Å². The van der Waals surface area contributed by atoms with Crippen molar-refractivity contribution in [3.05, 3.63) is 5.69 Å². The molecule has 0 aliphatic rings. The monoisotopic (exact) mass is 207 g/mol. The number of hydrogen-bond acceptors (Lipinski definition) is 3. The van der Waals surface area contributed by atoms with E-state index in [1.165, 1.54) is 0 Å². The molecule has 0 bridgehead atoms. The number of rotatable bonds is 2. The van der Waals surface area contributed by atoms with Crippen LogP contribution < -0.4 is 5.73 Å². The van der Waals surface area contributed by atoms with E-state index in [1.807, 2.05) is 16.2 Å². The molecule has 2 aromatic heterocycles. The van der Waals surface area contributed by atoms with Gasteiger partial charge in [0.15, 0.2) is 5.65 Å². The number of aryl methyl sites for hydroxylation is 2. The van der Waals surface area contributed by atoms with Gasteiger partial charge in [0.05, 0.1) is 5.69 Å². The van der Waals surface area contributed by atoms with Crippen molar-refractivity contribution in [2.24, 2.45) is 0 Å². The Morgan fingerprint density at radius 2 is 2.07 bits per heavy atom. The van der Waals surface area contributed by atoms with Gasteiger partial charge in [-0.25, -0.2) is 9.67 Å². The molecule has 82 valence electrons. The molecule has 0 atom stereocenters. The zero-order valence-electron chi connectivity index (χ0n) is 9.65. The van der Waals surface area contributed by atoms with Crippen LogP contribution in [0.5, 0.6) is 0 Å². The van der Waals surface area contributed by atoms with E-state index in [2.05, 4.69) is 30.9 Å². The third-order valence-electron chi connectivity index (χ3n) is 2.59. The lowest BCUT2D eigenvalue weighted by Gasteiger charge is -2.10. The number of nitrogens with zero attached hydrogens (tertiary/aromatic N) is 4. The van der Waals surface area contributed by atoms with E-state index < -0.39 is 0 Å². The van der Waals surface area contributed by atoms with Crippen LogP contribution in [-0.4, -0.2) is 19.3 Å². The molecule has 0 aliphatic carbocycles. The van der Waals surface area contributed by atoms with Crippen molar-refractivity contribution in [2.45, 2.75) is 40.3 Å². The summed E-state index contributed by atoms with van der Waals surface area (Å²) in [5.74, 6) is 0.572. The van der Waals surface area contributed by atoms with Gasteiger partial charge in [-0.15, -0.1) is 0 Å². The zero-order chi connectivity index (χ0) is 11.2. The summed E-state index contributed by atoms with van der Waals surface area (Å²) in [4.78, 5) is 4.36. The van der Waals surface area contributed by atoms with Gasteiger partial charge in [0, 0.05) is 12.6 Å². The normalized spacial score (nSPS) is 11.8. The lowest BCUT2D eigenvalue weighted by atomic mass is 10.4. The van der Waals surface area contributed by atoms with Crippen molar-refractivity contribution >= 4 is 17.1 Å². The van der Waals surface area contributed by atoms with Crippen LogP contribution in [0.3, 0.4) is 0 Å². The molecule has 0 saturated heterocycles. The number of hydrogen-bond donors (Lipinski definition) is 1. The minimum atomic E-state index is 0.302. The number of nitrogen functional groups attached to an aromatic ring is 1. The minimum absolute atomic E-state index is 0.302. The number of aromatic nitrogens is 4. The second-order valence-corrected chi connectivity index (χ2v) is 4.01. The van der Waals surface area contributed by atoms with Crippen LogP contribution in [0.2, 0.25) is 0 Å². The quantitative estimate of drug-likeness (QED) is 0.815. The van der Waals surface area contributed by atoms with Crippen LogP contribution in [0.4, 0.5) is 5.95 Å². The van der Waals surface area contributed by atoms with Crippen LogP contribution in [0.15, 0.2) is 0 Å². The van der Waals surface area contributed by atoms with Crippen molar-refractivity contribution in [3.8, 4) is 0 Å². The Balaban J connectivity index is 2.83. The number of nitrogens with two attached hydrogens (primary N) is 1. The molecule has 0 spiro atoms. The average molecular weight is 207 g/mol. The van der Waals surface area contributed by atoms with Gasteiger partial charge in [-0.2, -0.15) is 5.10 Å². The highest BCUT2D eigenvalue weighted by molar-refractivity contribution is 5.77. The first kappa shape index (κ1) is 10.0. The predicted molar refractivity (Wildman–Crippen MR) is 60.7 cm³/mol. The maximum absolute atomic E-state index is 5.90. The van der Waals surface area contributed by atoms with Crippen LogP contribution in [-0.2, 0) is 6.54 Å². The summed E-state index contributed by atoms with van der Waals surface area (Å²) in [5.41, 5.74) is 8.79. The van der Waals surface area contributed by atoms with Crippen LogP contribution in [0.1, 0.15) is 32.5 Å². The van der Waals surface area contributed by atoms with Gasteiger partial charge in [0.1, 0.15) is 5.52 Å². The van der Waals surface area contributed by atoms with Crippen LogP contribution >= 0.6 is 0 Å². The summed E-state index contributed by atoms with van der Waals surface area (Å²) in [6.07, 6.45) is 0. The summed E-state index contributed by atoms with van der Waals surface area (Å²) >= 11 is 0. The maximum atomic E-state index is 5.90. The van der Waals surface area contributed by atoms with E-state index in [1.54, 1.807) is 0 Å². The summed E-state index contributed by atoms with van der Waals surface area (Å²) < 4.78 is 3.98. The molecule has 0 radical (unpaired) electrons. The Hall–Kier alpha value is -1.52. The Morgan fingerprint density at radius 1 is 1.40 bits per heavy atom. The zero-order valence-corrected chi connectivity index (χ0v) is 9.65. The van der Waals surface area contributed by atoms with Gasteiger partial charge in [0.25, 0.3) is 0 Å². The topological polar surface area (TPSA) is 61.7 Å². The largest absolute Gasteiger partial charge is 0.369 e. The molecule has 0 fully saturated rings. The number of fused-ring (bicyclic) bond motifs is 1. The van der Waals surface area contributed by atoms with Crippen molar-refractivity contribution < 1.29 is 0 Å². The van der Waals surface area contributed by atoms with E-state index in [0.717, 1.165) is 23.4 Å². The van der Waals surface area contributed by atoms with Gasteiger partial charge in [-0.1, -0.05) is 0 Å².